The van der Waals surface area contributed by atoms with E-state index in [9.17, 15) is 4.79 Å². The van der Waals surface area contributed by atoms with E-state index in [0.29, 0.717) is 24.6 Å². The van der Waals surface area contributed by atoms with Crippen LogP contribution in [-0.2, 0) is 11.3 Å². The fourth-order valence-corrected chi connectivity index (χ4v) is 2.32. The number of carbonyl (C=O) groups excluding carboxylic acids is 1. The van der Waals surface area contributed by atoms with Gasteiger partial charge in [-0.25, -0.2) is 0 Å². The smallest absolute Gasteiger partial charge is 0.220 e. The third-order valence-corrected chi connectivity index (χ3v) is 3.36. The number of aliphatic hydroxyl groups is 1. The number of allylic oxidation sites excluding steroid dienone is 2. The van der Waals surface area contributed by atoms with E-state index in [1.165, 1.54) is 0 Å². The van der Waals surface area contributed by atoms with Crippen molar-refractivity contribution in [3.8, 4) is 5.75 Å². The van der Waals surface area contributed by atoms with Gasteiger partial charge in [0.25, 0.3) is 0 Å². The molecule has 0 spiro atoms. The third kappa shape index (κ3) is 4.38. The molecule has 1 unspecified atom stereocenters. The van der Waals surface area contributed by atoms with Gasteiger partial charge < -0.3 is 15.2 Å². The van der Waals surface area contributed by atoms with Crippen LogP contribution in [0.2, 0.25) is 0 Å². The highest BCUT2D eigenvalue weighted by Crippen LogP contribution is 2.21. The molecule has 4 heteroatoms. The molecule has 4 nitrogen and oxygen atoms in total. The standard InChI is InChI=1S/C16H21NO3/c18-9-10-20-15-8-4-3-7-14(15)12-17-16(19)11-13-5-1-2-6-13/h1,3-5,7-8,13,18H,2,6,9-12H2,(H,17,19). The van der Waals surface area contributed by atoms with Crippen molar-refractivity contribution in [3.05, 3.63) is 42.0 Å². The van der Waals surface area contributed by atoms with Crippen molar-refractivity contribution in [3.63, 3.8) is 0 Å². The summed E-state index contributed by atoms with van der Waals surface area (Å²) < 4.78 is 5.44. The molecule has 20 heavy (non-hydrogen) atoms. The normalized spacial score (nSPS) is 17.1. The fourth-order valence-electron chi connectivity index (χ4n) is 2.32. The summed E-state index contributed by atoms with van der Waals surface area (Å²) in [5.41, 5.74) is 0.927. The Labute approximate surface area is 119 Å². The Morgan fingerprint density at radius 3 is 3.00 bits per heavy atom. The second-order valence-electron chi connectivity index (χ2n) is 4.93. The van der Waals surface area contributed by atoms with Crippen LogP contribution in [0, 0.1) is 5.92 Å². The number of aliphatic hydroxyl groups excluding tert-OH is 1. The maximum atomic E-state index is 11.9. The summed E-state index contributed by atoms with van der Waals surface area (Å²) >= 11 is 0. The zero-order valence-corrected chi connectivity index (χ0v) is 11.5. The lowest BCUT2D eigenvalue weighted by molar-refractivity contribution is -0.121. The molecular weight excluding hydrogens is 254 g/mol. The van der Waals surface area contributed by atoms with E-state index in [0.717, 1.165) is 18.4 Å². The topological polar surface area (TPSA) is 58.6 Å². The van der Waals surface area contributed by atoms with E-state index in [1.54, 1.807) is 0 Å². The summed E-state index contributed by atoms with van der Waals surface area (Å²) in [7, 11) is 0. The van der Waals surface area contributed by atoms with Crippen molar-refractivity contribution in [2.75, 3.05) is 13.2 Å². The third-order valence-electron chi connectivity index (χ3n) is 3.36. The molecule has 1 aromatic carbocycles. The van der Waals surface area contributed by atoms with Gasteiger partial charge in [-0.15, -0.1) is 0 Å². The lowest BCUT2D eigenvalue weighted by atomic mass is 10.0. The van der Waals surface area contributed by atoms with Crippen LogP contribution in [0.15, 0.2) is 36.4 Å². The highest BCUT2D eigenvalue weighted by molar-refractivity contribution is 5.76. The molecule has 0 heterocycles. The van der Waals surface area contributed by atoms with Crippen molar-refractivity contribution < 1.29 is 14.6 Å². The number of hydrogen-bond acceptors (Lipinski definition) is 3. The second-order valence-corrected chi connectivity index (χ2v) is 4.93. The van der Waals surface area contributed by atoms with E-state index in [4.69, 9.17) is 9.84 Å². The fraction of sp³-hybridized carbons (Fsp3) is 0.438. The number of rotatable bonds is 7. The molecule has 1 atom stereocenters. The summed E-state index contributed by atoms with van der Waals surface area (Å²) in [6, 6.07) is 7.55. The first kappa shape index (κ1) is 14.6. The van der Waals surface area contributed by atoms with Gasteiger partial charge in [-0.2, -0.15) is 0 Å². The first-order valence-corrected chi connectivity index (χ1v) is 7.04. The average Bonchev–Trinajstić information content (AvgIpc) is 2.96. The molecule has 0 saturated heterocycles. The summed E-state index contributed by atoms with van der Waals surface area (Å²) in [5.74, 6) is 1.16. The van der Waals surface area contributed by atoms with Crippen molar-refractivity contribution in [2.45, 2.75) is 25.8 Å². The van der Waals surface area contributed by atoms with E-state index in [1.807, 2.05) is 24.3 Å². The van der Waals surface area contributed by atoms with Gasteiger partial charge in [0, 0.05) is 18.5 Å². The van der Waals surface area contributed by atoms with Gasteiger partial charge in [0.15, 0.2) is 0 Å². The second kappa shape index (κ2) is 7.70. The number of para-hydroxylation sites is 1. The number of amides is 1. The highest BCUT2D eigenvalue weighted by Gasteiger charge is 2.14. The van der Waals surface area contributed by atoms with Crippen LogP contribution in [0.5, 0.6) is 5.75 Å². The molecule has 0 aliphatic heterocycles. The minimum Gasteiger partial charge on any atom is -0.491 e. The predicted octanol–water partition coefficient (Wildman–Crippen LogP) is 2.03. The first-order chi connectivity index (χ1) is 9.79. The Hall–Kier alpha value is -1.81. The average molecular weight is 275 g/mol. The quantitative estimate of drug-likeness (QED) is 0.749. The van der Waals surface area contributed by atoms with Crippen LogP contribution in [0.25, 0.3) is 0 Å². The van der Waals surface area contributed by atoms with Crippen LogP contribution >= 0.6 is 0 Å². The molecule has 1 aliphatic carbocycles. The molecule has 2 N–H and O–H groups in total. The van der Waals surface area contributed by atoms with Gasteiger partial charge in [0.2, 0.25) is 5.91 Å². The van der Waals surface area contributed by atoms with E-state index in [-0.39, 0.29) is 19.1 Å². The minimum atomic E-state index is -0.0191. The molecule has 0 bridgehead atoms. The number of nitrogens with one attached hydrogen (secondary N) is 1. The van der Waals surface area contributed by atoms with Crippen molar-refractivity contribution in [1.82, 2.24) is 5.32 Å². The van der Waals surface area contributed by atoms with Gasteiger partial charge in [0.1, 0.15) is 12.4 Å². The molecule has 1 aliphatic rings. The van der Waals surface area contributed by atoms with Crippen LogP contribution < -0.4 is 10.1 Å². The molecule has 108 valence electrons. The zero-order valence-electron chi connectivity index (χ0n) is 11.5. The monoisotopic (exact) mass is 275 g/mol. The van der Waals surface area contributed by atoms with Gasteiger partial charge in [-0.1, -0.05) is 30.4 Å². The lowest BCUT2D eigenvalue weighted by Crippen LogP contribution is -2.24. The van der Waals surface area contributed by atoms with E-state index in [2.05, 4.69) is 17.5 Å². The molecule has 0 fully saturated rings. The summed E-state index contributed by atoms with van der Waals surface area (Å²) in [5, 5.41) is 11.7. The van der Waals surface area contributed by atoms with E-state index < -0.39 is 0 Å². The first-order valence-electron chi connectivity index (χ1n) is 7.04. The van der Waals surface area contributed by atoms with E-state index >= 15 is 0 Å². The Bertz CT molecular complexity index is 471. The Kier molecular flexibility index (Phi) is 5.62. The molecule has 0 aromatic heterocycles. The van der Waals surface area contributed by atoms with Gasteiger partial charge in [0.05, 0.1) is 6.61 Å². The van der Waals surface area contributed by atoms with Crippen molar-refractivity contribution >= 4 is 5.91 Å². The Morgan fingerprint density at radius 1 is 1.40 bits per heavy atom. The lowest BCUT2D eigenvalue weighted by Gasteiger charge is -2.12. The number of carbonyl (C=O) groups is 1. The number of hydrogen-bond donors (Lipinski definition) is 2. The maximum absolute atomic E-state index is 11.9. The van der Waals surface area contributed by atoms with Gasteiger partial charge in [-0.05, 0) is 24.8 Å². The van der Waals surface area contributed by atoms with Crippen LogP contribution in [0.4, 0.5) is 0 Å². The SMILES string of the molecule is O=C(CC1C=CCC1)NCc1ccccc1OCCO. The molecule has 1 aromatic rings. The minimum absolute atomic E-state index is 0.0191. The molecular formula is C16H21NO3. The highest BCUT2D eigenvalue weighted by atomic mass is 16.5. The number of ether oxygens (including phenoxy) is 1. The zero-order chi connectivity index (χ0) is 14.2. The van der Waals surface area contributed by atoms with Crippen molar-refractivity contribution in [2.24, 2.45) is 5.92 Å². The van der Waals surface area contributed by atoms with Crippen LogP contribution in [0.1, 0.15) is 24.8 Å². The molecule has 0 saturated carbocycles. The van der Waals surface area contributed by atoms with Crippen LogP contribution in [-0.4, -0.2) is 24.2 Å². The van der Waals surface area contributed by atoms with Gasteiger partial charge >= 0.3 is 0 Å². The van der Waals surface area contributed by atoms with Crippen molar-refractivity contribution in [1.29, 1.82) is 0 Å². The molecule has 2 rings (SSSR count). The number of benzene rings is 1. The van der Waals surface area contributed by atoms with Crippen LogP contribution in [0.3, 0.4) is 0 Å². The predicted molar refractivity (Wildman–Crippen MR) is 77.4 cm³/mol. The Morgan fingerprint density at radius 2 is 2.25 bits per heavy atom. The summed E-state index contributed by atoms with van der Waals surface area (Å²) in [4.78, 5) is 11.9. The summed E-state index contributed by atoms with van der Waals surface area (Å²) in [6.07, 6.45) is 6.96. The maximum Gasteiger partial charge on any atom is 0.220 e. The Balaban J connectivity index is 1.83. The molecule has 0 radical (unpaired) electrons. The largest absolute Gasteiger partial charge is 0.491 e. The van der Waals surface area contributed by atoms with Gasteiger partial charge in [-0.3, -0.25) is 4.79 Å². The summed E-state index contributed by atoms with van der Waals surface area (Å²) in [6.45, 7) is 0.698. The molecule has 1 amide bonds.